The number of aromatic nitrogens is 4. The van der Waals surface area contributed by atoms with E-state index >= 15 is 0 Å². The molecule has 0 amide bonds. The van der Waals surface area contributed by atoms with Gasteiger partial charge in [0.1, 0.15) is 34.8 Å². The number of nitrogen functional groups attached to an aromatic ring is 2. The molecule has 0 saturated carbocycles. The summed E-state index contributed by atoms with van der Waals surface area (Å²) in [5.41, 5.74) is 17.4. The van der Waals surface area contributed by atoms with Crippen molar-refractivity contribution in [2.75, 3.05) is 94.6 Å². The molecule has 0 spiro atoms. The molecule has 2 heterocycles. The molecule has 64 heavy (non-hydrogen) atoms. The zero-order valence-electron chi connectivity index (χ0n) is 37.1. The van der Waals surface area contributed by atoms with Gasteiger partial charge in [0.05, 0.1) is 49.0 Å². The molecule has 0 unspecified atom stereocenters. The van der Waals surface area contributed by atoms with Crippen LogP contribution in [0, 0.1) is 11.6 Å². The van der Waals surface area contributed by atoms with E-state index in [4.69, 9.17) is 26.7 Å². The van der Waals surface area contributed by atoms with Gasteiger partial charge in [-0.2, -0.15) is 9.97 Å². The van der Waals surface area contributed by atoms with E-state index < -0.39 is 42.3 Å². The van der Waals surface area contributed by atoms with E-state index in [1.54, 1.807) is 0 Å². The lowest BCUT2D eigenvalue weighted by Crippen LogP contribution is -2.23. The van der Waals surface area contributed by atoms with E-state index in [-0.39, 0.29) is 51.3 Å². The number of methoxy groups -OCH3 is 2. The SMILES string of the molecule is CCN(CC)CC.COc1ccc(F)cc1C(=O)c1cnc(NCCCCN)nc1N.COc1ccc(F)cc1C(=O)c1cnc(NCCCCNS(C)(=O)=O)nc1N.CS(=O)(=O)Cl. The molecule has 0 atom stereocenters. The Hall–Kier alpha value is -5.33. The summed E-state index contributed by atoms with van der Waals surface area (Å²) >= 11 is 0. The van der Waals surface area contributed by atoms with Crippen LogP contribution in [-0.4, -0.2) is 126 Å². The molecule has 4 aromatic rings. The summed E-state index contributed by atoms with van der Waals surface area (Å²) in [6.45, 7) is 12.2. The van der Waals surface area contributed by atoms with Gasteiger partial charge in [-0.25, -0.2) is 40.3 Å². The normalized spacial score (nSPS) is 10.9. The highest BCUT2D eigenvalue weighted by Crippen LogP contribution is 2.26. The predicted molar refractivity (Wildman–Crippen MR) is 247 cm³/mol. The van der Waals surface area contributed by atoms with Crippen LogP contribution in [0.1, 0.15) is 78.3 Å². The number of halogens is 3. The second-order valence-electron chi connectivity index (χ2n) is 13.4. The van der Waals surface area contributed by atoms with Crippen molar-refractivity contribution in [3.63, 3.8) is 0 Å². The molecule has 4 rings (SSSR count). The first kappa shape index (κ1) is 56.7. The first-order chi connectivity index (χ1) is 30.1. The zero-order chi connectivity index (χ0) is 48.5. The highest BCUT2D eigenvalue weighted by atomic mass is 35.7. The number of ketones is 2. The number of nitrogens with zero attached hydrogens (tertiary/aromatic N) is 5. The topological polar surface area (TPSA) is 290 Å². The molecule has 9 N–H and O–H groups in total. The molecule has 2 aromatic carbocycles. The summed E-state index contributed by atoms with van der Waals surface area (Å²) in [6.07, 6.45) is 7.68. The maximum absolute atomic E-state index is 13.5. The van der Waals surface area contributed by atoms with Gasteiger partial charge in [0, 0.05) is 42.7 Å². The van der Waals surface area contributed by atoms with E-state index in [0.29, 0.717) is 45.0 Å². The molecule has 0 radical (unpaired) electrons. The average Bonchev–Trinajstić information content (AvgIpc) is 3.23. The molecule has 0 aliphatic rings. The van der Waals surface area contributed by atoms with Crippen molar-refractivity contribution in [1.29, 1.82) is 0 Å². The molecule has 2 aromatic heterocycles. The van der Waals surface area contributed by atoms with Crippen LogP contribution in [0.4, 0.5) is 32.3 Å². The summed E-state index contributed by atoms with van der Waals surface area (Å²) in [5.74, 6) is -1.17. The minimum atomic E-state index is -3.19. The predicted octanol–water partition coefficient (Wildman–Crippen LogP) is 4.30. The Balaban J connectivity index is 0.000000513. The third-order valence-corrected chi connectivity index (χ3v) is 9.17. The number of carbonyl (C=O) groups excluding carboxylic acids is 2. The van der Waals surface area contributed by atoms with Gasteiger partial charge < -0.3 is 42.2 Å². The Morgan fingerprint density at radius 3 is 1.38 bits per heavy atom. The Morgan fingerprint density at radius 1 is 0.688 bits per heavy atom. The second-order valence-corrected chi connectivity index (χ2v) is 18.2. The fourth-order valence-electron chi connectivity index (χ4n) is 5.16. The number of benzene rings is 2. The zero-order valence-corrected chi connectivity index (χ0v) is 39.5. The number of rotatable bonds is 21. The van der Waals surface area contributed by atoms with Gasteiger partial charge in [0.2, 0.25) is 42.5 Å². The highest BCUT2D eigenvalue weighted by molar-refractivity contribution is 8.13. The summed E-state index contributed by atoms with van der Waals surface area (Å²) in [4.78, 5) is 43.8. The van der Waals surface area contributed by atoms with Crippen molar-refractivity contribution < 1.29 is 44.7 Å². The second kappa shape index (κ2) is 29.2. The molecule has 0 aliphatic carbocycles. The van der Waals surface area contributed by atoms with Crippen molar-refractivity contribution in [3.05, 3.63) is 82.7 Å². The first-order valence-electron chi connectivity index (χ1n) is 19.9. The van der Waals surface area contributed by atoms with Crippen LogP contribution in [-0.2, 0) is 19.1 Å². The quantitative estimate of drug-likeness (QED) is 0.0385. The van der Waals surface area contributed by atoms with E-state index in [1.807, 2.05) is 0 Å². The number of ether oxygens (including phenoxy) is 2. The fraction of sp³-hybridized carbons (Fsp3) is 0.450. The molecule has 0 saturated heterocycles. The summed E-state index contributed by atoms with van der Waals surface area (Å²) < 4.78 is 80.2. The number of carbonyl (C=O) groups is 2. The van der Waals surface area contributed by atoms with Crippen LogP contribution in [0.3, 0.4) is 0 Å². The fourth-order valence-corrected chi connectivity index (χ4v) is 5.68. The Labute approximate surface area is 378 Å². The maximum atomic E-state index is 13.5. The van der Waals surface area contributed by atoms with Crippen LogP contribution >= 0.6 is 10.7 Å². The number of nitrogens with one attached hydrogen (secondary N) is 3. The molecule has 356 valence electrons. The molecule has 0 fully saturated rings. The molecule has 0 bridgehead atoms. The van der Waals surface area contributed by atoms with Gasteiger partial charge >= 0.3 is 0 Å². The average molecular weight is 961 g/mol. The lowest BCUT2D eigenvalue weighted by Gasteiger charge is -2.13. The van der Waals surface area contributed by atoms with Gasteiger partial charge in [0.15, 0.2) is 0 Å². The smallest absolute Gasteiger partial charge is 0.229 e. The standard InChI is InChI=1S/C17H22FN5O4S.C16H20FN5O2.C6H15N.CH3ClO2S/c1-27-14-6-5-11(18)9-12(14)15(24)13-10-21-17(23-16(13)19)20-7-3-4-8-22-28(2,25)26;1-24-13-5-4-10(17)8-11(13)14(23)12-9-21-16(22-15(12)19)20-7-3-2-6-18;1-4-7(5-2)6-3;1-5(2,3)4/h5-6,9-10,22H,3-4,7-8H2,1-2H3,(H3,19,20,21,23);4-5,8-9H,2-3,6-7,18H2,1H3,(H3,19,20,21,22);4-6H2,1-3H3;1H3. The van der Waals surface area contributed by atoms with Crippen LogP contribution < -0.4 is 42.0 Å². The van der Waals surface area contributed by atoms with Crippen molar-refractivity contribution in [2.45, 2.75) is 46.5 Å². The molecule has 19 nitrogen and oxygen atoms in total. The Morgan fingerprint density at radius 2 is 1.06 bits per heavy atom. The summed E-state index contributed by atoms with van der Waals surface area (Å²) in [7, 11) is 0.898. The highest BCUT2D eigenvalue weighted by Gasteiger charge is 2.21. The van der Waals surface area contributed by atoms with Crippen molar-refractivity contribution >= 4 is 64.9 Å². The van der Waals surface area contributed by atoms with Gasteiger partial charge in [-0.3, -0.25) is 9.59 Å². The number of nitrogens with two attached hydrogens (primary N) is 3. The minimum Gasteiger partial charge on any atom is -0.496 e. The van der Waals surface area contributed by atoms with Crippen LogP contribution in [0.15, 0.2) is 48.8 Å². The summed E-state index contributed by atoms with van der Waals surface area (Å²) in [6, 6.07) is 7.30. The van der Waals surface area contributed by atoms with Crippen LogP contribution in [0.2, 0.25) is 0 Å². The minimum absolute atomic E-state index is 0.0163. The molecule has 24 heteroatoms. The third kappa shape index (κ3) is 22.3. The van der Waals surface area contributed by atoms with Crippen LogP contribution in [0.25, 0.3) is 0 Å². The van der Waals surface area contributed by atoms with Gasteiger partial charge in [-0.05, 0) is 88.3 Å². The van der Waals surface area contributed by atoms with Gasteiger partial charge in [0.25, 0.3) is 0 Å². The Bertz CT molecular complexity index is 2300. The van der Waals surface area contributed by atoms with Crippen molar-refractivity contribution in [2.24, 2.45) is 5.73 Å². The third-order valence-electron chi connectivity index (χ3n) is 8.44. The molecule has 0 aliphatic heterocycles. The number of sulfonamides is 1. The number of unbranched alkanes of at least 4 members (excludes halogenated alkanes) is 2. The Kier molecular flexibility index (Phi) is 25.8. The monoisotopic (exact) mass is 959 g/mol. The maximum Gasteiger partial charge on any atom is 0.229 e. The van der Waals surface area contributed by atoms with E-state index in [0.717, 1.165) is 37.5 Å². The summed E-state index contributed by atoms with van der Waals surface area (Å²) in [5, 5.41) is 5.95. The van der Waals surface area contributed by atoms with E-state index in [2.05, 4.69) is 71.6 Å². The first-order valence-corrected chi connectivity index (χ1v) is 24.5. The van der Waals surface area contributed by atoms with Crippen molar-refractivity contribution in [3.8, 4) is 11.5 Å². The van der Waals surface area contributed by atoms with E-state index in [9.17, 15) is 35.2 Å². The van der Waals surface area contributed by atoms with Crippen molar-refractivity contribution in [1.82, 2.24) is 29.6 Å². The number of anilines is 4. The van der Waals surface area contributed by atoms with Gasteiger partial charge in [-0.1, -0.05) is 20.8 Å². The van der Waals surface area contributed by atoms with E-state index in [1.165, 1.54) is 70.5 Å². The largest absolute Gasteiger partial charge is 0.496 e. The lowest BCUT2D eigenvalue weighted by atomic mass is 10.0. The lowest BCUT2D eigenvalue weighted by molar-refractivity contribution is 0.102. The molecular weight excluding hydrogens is 900 g/mol. The number of hydrogen-bond donors (Lipinski definition) is 6. The number of hydrogen-bond acceptors (Lipinski definition) is 18. The molecular formula is C40H60ClF2N11O8S2. The van der Waals surface area contributed by atoms with Crippen LogP contribution in [0.5, 0.6) is 11.5 Å². The van der Waals surface area contributed by atoms with Gasteiger partial charge in [-0.15, -0.1) is 0 Å².